The van der Waals surface area contributed by atoms with Gasteiger partial charge in [-0.1, -0.05) is 89.7 Å². The second-order valence-corrected chi connectivity index (χ2v) is 35.6. The van der Waals surface area contributed by atoms with E-state index < -0.39 is 260 Å². The van der Waals surface area contributed by atoms with Crippen molar-refractivity contribution in [1.82, 2.24) is 68.7 Å². The van der Waals surface area contributed by atoms with Gasteiger partial charge in [0.05, 0.1) is 47.0 Å². The van der Waals surface area contributed by atoms with Gasteiger partial charge in [-0.2, -0.15) is 0 Å². The summed E-state index contributed by atoms with van der Waals surface area (Å²) in [4.78, 5) is 212. The predicted octanol–water partition coefficient (Wildman–Crippen LogP) is -5.29. The number of non-ortho nitro benzene ring substituents is 1. The number of nitro benzene ring substituents is 1. The molecule has 2 fully saturated rings. The molecule has 1 unspecified atom stereocenters. The van der Waals surface area contributed by atoms with Crippen LogP contribution in [0.15, 0.2) is 59.4 Å². The molecule has 2 aromatic carbocycles. The number of nitrogens with zero attached hydrogens (tertiary/aromatic N) is 2. The van der Waals surface area contributed by atoms with Gasteiger partial charge in [0.25, 0.3) is 17.5 Å². The standard InChI is InChI=1S/C52H98N16O13.C22H24N2O8.C11H12Cl2N2O5/c1-9-29(6)11-10-12-40(71)59-32(13-19-53)47(76)68-42(31(8)70)52(81)64-35(16-22-56)44(73)63-37-18-24-58-51(80)41(30(7)69)67-48(77)36(17-23-57)61-43(72)33(14-20-54)62-49(78)38(25-27(2)3)66-50(79)39(26-28(4)5)65-45(74)34(15-21-55)60-46(37)75;1-21(31)8-5-4-6-11(25)12(8)16(26)13-9(21)7-10-15(24(2)3)17(27)14(20(23)30)19(29)22(10,32)18(13)28;12-10(13)11(18)14-8(5-16)9(17)6-1-3-7(4-2-6)15(19)20/h27-39,41-42,69-70H,9-26,53-57H2,1-8H3,(H,58,80)(H,59,71)(H,60,75)(H,61,72)(H,62,78)(H,63,73)(H,64,81)(H,65,74)(H,66,79)(H,67,77)(H,68,76);4-6,9-10,15,25-26,29,31-32H,7H2,1-3H3,(H2,23,30);1-4,8-10,16-17H,5H2,(H,14,18)/t29?,30-,31-,32+,33+,34+,35+,36+,37+,38+,39-,41+,42+;9-,10-,15-,21+,22-;8-,9-/m101/s1. The van der Waals surface area contributed by atoms with E-state index in [4.69, 9.17) is 62.7 Å². The molecule has 1 saturated heterocycles. The highest BCUT2D eigenvalue weighted by Gasteiger charge is 2.67. The van der Waals surface area contributed by atoms with E-state index in [1.165, 1.54) is 82.2 Å². The molecule has 20 atom stereocenters. The number of rotatable bonds is 36. The maximum atomic E-state index is 14.4. The molecule has 744 valence electrons. The molecule has 1 aliphatic heterocycles. The van der Waals surface area contributed by atoms with Crippen LogP contribution in [-0.2, 0) is 77.5 Å². The van der Waals surface area contributed by atoms with Crippen molar-refractivity contribution >= 4 is 123 Å². The Morgan fingerprint density at radius 3 is 1.58 bits per heavy atom. The van der Waals surface area contributed by atoms with Gasteiger partial charge in [0, 0.05) is 42.5 Å². The summed E-state index contributed by atoms with van der Waals surface area (Å²) in [6.07, 6.45) is -3.24. The molecule has 48 heteroatoms. The SMILES string of the molecule is CCC(C)CCCC(=O)N[C@@H](CCN)C(=O)N[C@H](C(=O)N[C@@H](CCN)C(=O)N[C@H]1CCNC(=O)[C@H]([C@@H](C)O)NC(=O)[C@H](CCN)NC(=O)[C@H](CCN)NC(=O)[C@H](CC(C)C)NC(=O)[C@@H](CC(C)C)NC(=O)[C@H](CCN)NC1=O)[C@@H](C)O.CN(C)[C@@H]1C(=O)C(C(N)=O)=C(O)[C@@]2(O)C(=O)C3=C(O)c4c(O)cccc4[C@@](C)(O)[C@H]3C[C@@H]12.O=C(N[C@H](CO)[C@H](O)c1ccc([N+](=O)[O-])cc1)C(Cl)Cl. The molecular formula is C85H134Cl2N20O26. The molecule has 133 heavy (non-hydrogen) atoms. The van der Waals surface area contributed by atoms with Gasteiger partial charge in [-0.25, -0.2) is 0 Å². The number of likely N-dealkylation sites (N-methyl/N-ethyl adjacent to an activating group) is 1. The fourth-order valence-electron chi connectivity index (χ4n) is 15.6. The van der Waals surface area contributed by atoms with Crippen LogP contribution in [0.4, 0.5) is 5.69 Å². The van der Waals surface area contributed by atoms with Crippen molar-refractivity contribution in [2.75, 3.05) is 60.0 Å². The number of Topliss-reactive ketones (excluding diaryl/α,β-unsaturated/α-hetero) is 2. The minimum atomic E-state index is -2.75. The van der Waals surface area contributed by atoms with Gasteiger partial charge >= 0.3 is 0 Å². The molecule has 46 nitrogen and oxygen atoms in total. The van der Waals surface area contributed by atoms with Gasteiger partial charge in [-0.15, -0.1) is 0 Å². The van der Waals surface area contributed by atoms with Crippen molar-refractivity contribution < 1.29 is 123 Å². The van der Waals surface area contributed by atoms with Crippen LogP contribution in [0, 0.1) is 39.7 Å². The molecule has 2 aromatic rings. The number of phenols is 1. The summed E-state index contributed by atoms with van der Waals surface area (Å²) in [6.45, 7) is 13.4. The molecule has 6 rings (SSSR count). The minimum Gasteiger partial charge on any atom is -0.508 e. The van der Waals surface area contributed by atoms with Gasteiger partial charge in [0.1, 0.15) is 89.4 Å². The first-order valence-electron chi connectivity index (χ1n) is 43.8. The number of amides is 13. The van der Waals surface area contributed by atoms with Crippen molar-refractivity contribution in [2.24, 2.45) is 64.0 Å². The van der Waals surface area contributed by atoms with Crippen LogP contribution < -0.4 is 98.2 Å². The number of primary amides is 1. The van der Waals surface area contributed by atoms with Crippen LogP contribution >= 0.6 is 23.2 Å². The van der Waals surface area contributed by atoms with E-state index in [2.05, 4.69) is 70.7 Å². The average molecular weight is 1920 g/mol. The summed E-state index contributed by atoms with van der Waals surface area (Å²) >= 11 is 10.7. The van der Waals surface area contributed by atoms with Crippen LogP contribution in [0.25, 0.3) is 5.76 Å². The van der Waals surface area contributed by atoms with E-state index >= 15 is 0 Å². The summed E-state index contributed by atoms with van der Waals surface area (Å²) in [5, 5.41) is 136. The van der Waals surface area contributed by atoms with E-state index in [0.717, 1.165) is 12.8 Å². The van der Waals surface area contributed by atoms with Gasteiger partial charge in [0.15, 0.2) is 16.2 Å². The maximum Gasteiger partial charge on any atom is 0.269 e. The number of alkyl halides is 2. The molecule has 1 saturated carbocycles. The molecular weight excluding hydrogens is 1790 g/mol. The maximum absolute atomic E-state index is 14.4. The topological polar surface area (TPSA) is 785 Å². The van der Waals surface area contributed by atoms with Crippen LogP contribution in [-0.4, -0.2) is 299 Å². The number of aliphatic hydroxyl groups is 8. The van der Waals surface area contributed by atoms with Crippen molar-refractivity contribution in [3.8, 4) is 5.75 Å². The Bertz CT molecular complexity index is 4480. The molecule has 4 aliphatic rings. The third-order valence-electron chi connectivity index (χ3n) is 23.0. The number of aromatic hydroxyl groups is 1. The number of nitro groups is 1. The number of aliphatic hydroxyl groups excluding tert-OH is 6. The Hall–Kier alpha value is -10.7. The number of nitrogens with two attached hydrogens (primary N) is 6. The smallest absolute Gasteiger partial charge is 0.269 e. The summed E-state index contributed by atoms with van der Waals surface area (Å²) in [5.74, 6) is -18.3. The number of hydrogen-bond donors (Lipinski definition) is 27. The Kier molecular flexibility index (Phi) is 46.0. The van der Waals surface area contributed by atoms with Crippen molar-refractivity contribution in [1.29, 1.82) is 0 Å². The summed E-state index contributed by atoms with van der Waals surface area (Å²) < 4.78 is 0. The van der Waals surface area contributed by atoms with Crippen molar-refractivity contribution in [3.63, 3.8) is 0 Å². The highest BCUT2D eigenvalue weighted by atomic mass is 35.5. The zero-order valence-corrected chi connectivity index (χ0v) is 77.9. The van der Waals surface area contributed by atoms with Crippen LogP contribution in [0.3, 0.4) is 0 Å². The molecule has 0 aromatic heterocycles. The molecule has 33 N–H and O–H groups in total. The third kappa shape index (κ3) is 31.4. The number of benzene rings is 2. The zero-order valence-electron chi connectivity index (χ0n) is 76.4. The van der Waals surface area contributed by atoms with Crippen LogP contribution in [0.1, 0.15) is 169 Å². The van der Waals surface area contributed by atoms with E-state index in [-0.39, 0.29) is 119 Å². The number of fused-ring (bicyclic) bond motifs is 3. The largest absolute Gasteiger partial charge is 0.508 e. The number of hydrogen-bond acceptors (Lipinski definition) is 32. The van der Waals surface area contributed by atoms with Crippen molar-refractivity contribution in [3.05, 3.63) is 86.2 Å². The van der Waals surface area contributed by atoms with Crippen LogP contribution in [0.5, 0.6) is 5.75 Å². The number of halogens is 2. The second kappa shape index (κ2) is 53.4. The van der Waals surface area contributed by atoms with E-state index in [9.17, 15) is 123 Å². The first-order chi connectivity index (χ1) is 62.3. The second-order valence-electron chi connectivity index (χ2n) is 34.5. The summed E-state index contributed by atoms with van der Waals surface area (Å²) in [6, 6.07) is -7.44. The van der Waals surface area contributed by atoms with E-state index in [1.54, 1.807) is 27.7 Å². The highest BCUT2D eigenvalue weighted by Crippen LogP contribution is 2.57. The van der Waals surface area contributed by atoms with E-state index in [0.29, 0.717) is 17.9 Å². The van der Waals surface area contributed by atoms with Crippen molar-refractivity contribution in [2.45, 2.75) is 253 Å². The lowest BCUT2D eigenvalue weighted by Crippen LogP contribution is -2.67. The lowest BCUT2D eigenvalue weighted by atomic mass is 9.54. The Morgan fingerprint density at radius 2 is 1.13 bits per heavy atom. The molecule has 1 heterocycles. The fourth-order valence-corrected chi connectivity index (χ4v) is 15.7. The first kappa shape index (κ1) is 115. The minimum absolute atomic E-state index is 0.0146. The number of ketones is 2. The number of carbonyl (C=O) groups is 15. The highest BCUT2D eigenvalue weighted by molar-refractivity contribution is 6.53. The lowest BCUT2D eigenvalue weighted by molar-refractivity contribution is -0.384. The van der Waals surface area contributed by atoms with Crippen LogP contribution in [0.2, 0.25) is 0 Å². The summed E-state index contributed by atoms with van der Waals surface area (Å²) in [5.41, 5.74) is 28.8. The summed E-state index contributed by atoms with van der Waals surface area (Å²) in [7, 11) is 3.01. The predicted molar refractivity (Wildman–Crippen MR) is 484 cm³/mol. The molecule has 0 bridgehead atoms. The Balaban J connectivity index is 0.000000566. The van der Waals surface area contributed by atoms with E-state index in [1.807, 2.05) is 6.92 Å². The lowest BCUT2D eigenvalue weighted by Gasteiger charge is -2.53. The van der Waals surface area contributed by atoms with Gasteiger partial charge < -0.3 is 144 Å². The quantitative estimate of drug-likeness (QED) is 0.0131. The number of phenolic OH excluding ortho intramolecular Hbond substituents is 1. The fraction of sp³-hybridized carbons (Fsp3) is 0.635. The monoisotopic (exact) mass is 1920 g/mol. The molecule has 0 spiro atoms. The average Bonchev–Trinajstić information content (AvgIpc) is 0.687. The third-order valence-corrected chi connectivity index (χ3v) is 23.4. The molecule has 0 radical (unpaired) electrons. The Morgan fingerprint density at radius 1 is 0.632 bits per heavy atom. The van der Waals surface area contributed by atoms with Gasteiger partial charge in [-0.05, 0) is 179 Å². The molecule has 13 amide bonds. The molecule has 3 aliphatic carbocycles. The normalized spacial score (nSPS) is 24.7. The first-order valence-corrected chi connectivity index (χ1v) is 44.7. The zero-order chi connectivity index (χ0) is 101. The number of carbonyl (C=O) groups excluding carboxylic acids is 15. The number of nitrogens with one attached hydrogen (secondary N) is 12. The van der Waals surface area contributed by atoms with Gasteiger partial charge in [0.2, 0.25) is 70.8 Å². The van der Waals surface area contributed by atoms with Gasteiger partial charge in [-0.3, -0.25) is 86.9 Å². The Labute approximate surface area is 779 Å².